The molecule has 1 aliphatic rings. The highest BCUT2D eigenvalue weighted by atomic mass is 16.3. The van der Waals surface area contributed by atoms with Crippen LogP contribution >= 0.6 is 0 Å². The summed E-state index contributed by atoms with van der Waals surface area (Å²) >= 11 is 0. The number of hydrogen-bond acceptors (Lipinski definition) is 1. The molecule has 1 saturated carbocycles. The van der Waals surface area contributed by atoms with Crippen molar-refractivity contribution in [1.29, 1.82) is 0 Å². The molecule has 1 nitrogen and oxygen atoms in total. The summed E-state index contributed by atoms with van der Waals surface area (Å²) < 4.78 is 0. The van der Waals surface area contributed by atoms with E-state index in [1.807, 2.05) is 0 Å². The van der Waals surface area contributed by atoms with E-state index >= 15 is 0 Å². The maximum Gasteiger partial charge on any atom is 0.0496 e. The first-order chi connectivity index (χ1) is 10.8. The first kappa shape index (κ1) is 17.3. The third kappa shape index (κ3) is 5.61. The fourth-order valence-electron chi connectivity index (χ4n) is 3.44. The second-order valence-electron chi connectivity index (χ2n) is 6.75. The van der Waals surface area contributed by atoms with E-state index in [1.54, 1.807) is 0 Å². The van der Waals surface area contributed by atoms with Crippen LogP contribution in [0.1, 0.15) is 75.8 Å². The molecular formula is C21H32O. The summed E-state index contributed by atoms with van der Waals surface area (Å²) in [6.07, 6.45) is 15.2. The lowest BCUT2D eigenvalue weighted by Crippen LogP contribution is -2.01. The Morgan fingerprint density at radius 1 is 1.05 bits per heavy atom. The van der Waals surface area contributed by atoms with E-state index in [4.69, 9.17) is 0 Å². The summed E-state index contributed by atoms with van der Waals surface area (Å²) in [5.74, 6) is 0.405. The number of hydrogen-bond donors (Lipinski definition) is 1. The Morgan fingerprint density at radius 3 is 2.50 bits per heavy atom. The Morgan fingerprint density at radius 2 is 1.77 bits per heavy atom. The lowest BCUT2D eigenvalue weighted by Gasteiger charge is -2.08. The number of aliphatic hydroxyl groups is 1. The molecule has 0 aliphatic heterocycles. The Labute approximate surface area is 136 Å². The summed E-state index contributed by atoms with van der Waals surface area (Å²) in [5, 5.41) is 9.39. The van der Waals surface area contributed by atoms with Gasteiger partial charge in [-0.05, 0) is 43.2 Å². The molecule has 0 radical (unpaired) electrons. The minimum absolute atomic E-state index is 0.307. The highest BCUT2D eigenvalue weighted by molar-refractivity contribution is 5.54. The minimum atomic E-state index is 0.307. The van der Waals surface area contributed by atoms with Crippen molar-refractivity contribution in [3.05, 3.63) is 41.0 Å². The van der Waals surface area contributed by atoms with Gasteiger partial charge in [0.15, 0.2) is 0 Å². The van der Waals surface area contributed by atoms with Gasteiger partial charge in [0.25, 0.3) is 0 Å². The van der Waals surface area contributed by atoms with Crippen LogP contribution in [0.3, 0.4) is 0 Å². The summed E-state index contributed by atoms with van der Waals surface area (Å²) in [7, 11) is 0. The lowest BCUT2D eigenvalue weighted by molar-refractivity contribution is 0.249. The SMILES string of the molecule is CCCCCCCCc1ccc(/C=C2\CCCC2CO)cc1. The van der Waals surface area contributed by atoms with Crippen LogP contribution in [0.4, 0.5) is 0 Å². The van der Waals surface area contributed by atoms with Gasteiger partial charge in [-0.3, -0.25) is 0 Å². The van der Waals surface area contributed by atoms with Gasteiger partial charge in [0.1, 0.15) is 0 Å². The van der Waals surface area contributed by atoms with E-state index < -0.39 is 0 Å². The fourth-order valence-corrected chi connectivity index (χ4v) is 3.44. The number of aliphatic hydroxyl groups excluding tert-OH is 1. The molecule has 1 aromatic rings. The van der Waals surface area contributed by atoms with E-state index in [9.17, 15) is 5.11 Å². The van der Waals surface area contributed by atoms with Crippen molar-refractivity contribution in [1.82, 2.24) is 0 Å². The van der Waals surface area contributed by atoms with E-state index in [-0.39, 0.29) is 0 Å². The van der Waals surface area contributed by atoms with Gasteiger partial charge in [0.2, 0.25) is 0 Å². The van der Waals surface area contributed by atoms with Crippen LogP contribution in [0.15, 0.2) is 29.8 Å². The van der Waals surface area contributed by atoms with E-state index in [0.717, 1.165) is 12.8 Å². The zero-order chi connectivity index (χ0) is 15.6. The fraction of sp³-hybridized carbons (Fsp3) is 0.619. The molecule has 0 heterocycles. The van der Waals surface area contributed by atoms with Gasteiger partial charge in [0, 0.05) is 12.5 Å². The van der Waals surface area contributed by atoms with Crippen molar-refractivity contribution in [2.45, 2.75) is 71.1 Å². The maximum absolute atomic E-state index is 9.39. The van der Waals surface area contributed by atoms with Crippen molar-refractivity contribution >= 4 is 6.08 Å². The molecule has 1 aromatic carbocycles. The Balaban J connectivity index is 1.77. The lowest BCUT2D eigenvalue weighted by atomic mass is 9.99. The largest absolute Gasteiger partial charge is 0.396 e. The summed E-state index contributed by atoms with van der Waals surface area (Å²) in [6.45, 7) is 2.58. The smallest absolute Gasteiger partial charge is 0.0496 e. The summed E-state index contributed by atoms with van der Waals surface area (Å²) in [4.78, 5) is 0. The monoisotopic (exact) mass is 300 g/mol. The van der Waals surface area contributed by atoms with Crippen molar-refractivity contribution < 1.29 is 5.11 Å². The summed E-state index contributed by atoms with van der Waals surface area (Å²) in [5.41, 5.74) is 4.19. The predicted molar refractivity (Wildman–Crippen MR) is 95.9 cm³/mol. The minimum Gasteiger partial charge on any atom is -0.396 e. The van der Waals surface area contributed by atoms with Crippen molar-refractivity contribution in [3.8, 4) is 0 Å². The number of benzene rings is 1. The van der Waals surface area contributed by atoms with Crippen LogP contribution in [-0.2, 0) is 6.42 Å². The van der Waals surface area contributed by atoms with Crippen LogP contribution in [0.2, 0.25) is 0 Å². The summed E-state index contributed by atoms with van der Waals surface area (Å²) in [6, 6.07) is 9.04. The standard InChI is InChI=1S/C21H32O/c1-2-3-4-5-6-7-9-18-12-14-19(15-13-18)16-20-10-8-11-21(20)17-22/h12-16,21-22H,2-11,17H2,1H3/b20-16+. The van der Waals surface area contributed by atoms with Crippen LogP contribution in [-0.4, -0.2) is 11.7 Å². The molecule has 22 heavy (non-hydrogen) atoms. The van der Waals surface area contributed by atoms with Crippen LogP contribution in [0, 0.1) is 5.92 Å². The van der Waals surface area contributed by atoms with Gasteiger partial charge in [-0.15, -0.1) is 0 Å². The first-order valence-electron chi connectivity index (χ1n) is 9.23. The van der Waals surface area contributed by atoms with E-state index in [2.05, 4.69) is 37.3 Å². The molecule has 0 amide bonds. The second-order valence-corrected chi connectivity index (χ2v) is 6.75. The molecule has 1 N–H and O–H groups in total. The van der Waals surface area contributed by atoms with Gasteiger partial charge >= 0.3 is 0 Å². The van der Waals surface area contributed by atoms with Crippen molar-refractivity contribution in [2.75, 3.05) is 6.61 Å². The molecule has 1 unspecified atom stereocenters. The molecule has 1 aliphatic carbocycles. The average molecular weight is 300 g/mol. The topological polar surface area (TPSA) is 20.2 Å². The number of aryl methyl sites for hydroxylation is 1. The quantitative estimate of drug-likeness (QED) is 0.574. The van der Waals surface area contributed by atoms with Gasteiger partial charge < -0.3 is 5.11 Å². The normalized spacial score (nSPS) is 19.9. The third-order valence-corrected chi connectivity index (χ3v) is 4.91. The van der Waals surface area contributed by atoms with E-state index in [1.165, 1.54) is 68.1 Å². The number of rotatable bonds is 9. The van der Waals surface area contributed by atoms with Gasteiger partial charge in [-0.25, -0.2) is 0 Å². The molecule has 0 aromatic heterocycles. The van der Waals surface area contributed by atoms with Gasteiger partial charge in [-0.1, -0.05) is 74.9 Å². The molecule has 1 fully saturated rings. The van der Waals surface area contributed by atoms with Crippen LogP contribution in [0.25, 0.3) is 6.08 Å². The first-order valence-corrected chi connectivity index (χ1v) is 9.23. The molecular weight excluding hydrogens is 268 g/mol. The van der Waals surface area contributed by atoms with Gasteiger partial charge in [-0.2, -0.15) is 0 Å². The molecule has 1 atom stereocenters. The van der Waals surface area contributed by atoms with Crippen molar-refractivity contribution in [2.24, 2.45) is 5.92 Å². The highest BCUT2D eigenvalue weighted by Crippen LogP contribution is 2.32. The molecule has 2 rings (SSSR count). The third-order valence-electron chi connectivity index (χ3n) is 4.91. The number of unbranched alkanes of at least 4 members (excludes halogenated alkanes) is 5. The Bertz CT molecular complexity index is 443. The second kappa shape index (κ2) is 9.84. The zero-order valence-electron chi connectivity index (χ0n) is 14.2. The van der Waals surface area contributed by atoms with Crippen molar-refractivity contribution in [3.63, 3.8) is 0 Å². The molecule has 1 heteroatoms. The predicted octanol–water partition coefficient (Wildman–Crippen LogP) is 5.77. The van der Waals surface area contributed by atoms with Crippen LogP contribution in [0.5, 0.6) is 0 Å². The molecule has 0 saturated heterocycles. The highest BCUT2D eigenvalue weighted by Gasteiger charge is 2.19. The van der Waals surface area contributed by atoms with Crippen LogP contribution < -0.4 is 0 Å². The maximum atomic E-state index is 9.39. The zero-order valence-corrected chi connectivity index (χ0v) is 14.2. The Kier molecular flexibility index (Phi) is 7.73. The van der Waals surface area contributed by atoms with E-state index in [0.29, 0.717) is 12.5 Å². The molecule has 122 valence electrons. The Hall–Kier alpha value is -1.08. The average Bonchev–Trinajstić information content (AvgIpc) is 2.99. The molecule has 0 spiro atoms. The molecule has 0 bridgehead atoms. The van der Waals surface area contributed by atoms with Gasteiger partial charge in [0.05, 0.1) is 0 Å².